The molecule has 0 bridgehead atoms. The fourth-order valence-corrected chi connectivity index (χ4v) is 5.18. The van der Waals surface area contributed by atoms with Crippen molar-refractivity contribution in [3.63, 3.8) is 0 Å². The molecule has 4 heterocycles. The standard InChI is InChI=1S/C22H34N8S.HI/c1-23-21(27-18-19(20-6-4-17-31-20)29-10-2-3-11-29)24-9-12-28-13-15-30(16-14-28)22-25-7-5-8-26-22;/h4-8,17,19H,2-3,9-16,18H2,1H3,(H2,23,24,27);1H. The number of guanidine groups is 1. The zero-order valence-electron chi connectivity index (χ0n) is 18.8. The van der Waals surface area contributed by atoms with Crippen LogP contribution in [0.4, 0.5) is 5.95 Å². The highest BCUT2D eigenvalue weighted by Crippen LogP contribution is 2.27. The molecule has 2 N–H and O–H groups in total. The van der Waals surface area contributed by atoms with Crippen LogP contribution in [0, 0.1) is 0 Å². The average Bonchev–Trinajstić information content (AvgIpc) is 3.54. The number of likely N-dealkylation sites (tertiary alicyclic amines) is 1. The van der Waals surface area contributed by atoms with E-state index in [2.05, 4.69) is 57.8 Å². The molecule has 0 amide bonds. The quantitative estimate of drug-likeness (QED) is 0.287. The molecule has 0 radical (unpaired) electrons. The Morgan fingerprint density at radius 3 is 2.47 bits per heavy atom. The van der Waals surface area contributed by atoms with E-state index in [4.69, 9.17) is 0 Å². The number of hydrogen-bond donors (Lipinski definition) is 2. The van der Waals surface area contributed by atoms with Gasteiger partial charge in [0.05, 0.1) is 6.04 Å². The van der Waals surface area contributed by atoms with Crippen LogP contribution in [0.15, 0.2) is 41.0 Å². The zero-order valence-corrected chi connectivity index (χ0v) is 22.0. The van der Waals surface area contributed by atoms with Crippen LogP contribution in [0.5, 0.6) is 0 Å². The van der Waals surface area contributed by atoms with Gasteiger partial charge in [0, 0.05) is 70.1 Å². The monoisotopic (exact) mass is 570 g/mol. The highest BCUT2D eigenvalue weighted by atomic mass is 127. The Hall–Kier alpha value is -1.50. The van der Waals surface area contributed by atoms with E-state index in [1.807, 2.05) is 36.8 Å². The first-order chi connectivity index (χ1) is 15.3. The van der Waals surface area contributed by atoms with Crippen molar-refractivity contribution in [1.29, 1.82) is 0 Å². The second-order valence-electron chi connectivity index (χ2n) is 8.03. The summed E-state index contributed by atoms with van der Waals surface area (Å²) in [5, 5.41) is 9.23. The molecule has 176 valence electrons. The summed E-state index contributed by atoms with van der Waals surface area (Å²) < 4.78 is 0. The number of halogens is 1. The molecule has 1 unspecified atom stereocenters. The number of hydrogen-bond acceptors (Lipinski definition) is 7. The van der Waals surface area contributed by atoms with Crippen LogP contribution in [0.25, 0.3) is 0 Å². The Labute approximate surface area is 212 Å². The van der Waals surface area contributed by atoms with Gasteiger partial charge in [-0.15, -0.1) is 35.3 Å². The van der Waals surface area contributed by atoms with Crippen molar-refractivity contribution in [3.05, 3.63) is 40.8 Å². The first-order valence-corrected chi connectivity index (χ1v) is 12.2. The van der Waals surface area contributed by atoms with E-state index in [1.165, 1.54) is 30.8 Å². The minimum atomic E-state index is 0. The molecule has 1 atom stereocenters. The van der Waals surface area contributed by atoms with Crippen molar-refractivity contribution in [2.45, 2.75) is 18.9 Å². The summed E-state index contributed by atoms with van der Waals surface area (Å²) in [7, 11) is 1.85. The van der Waals surface area contributed by atoms with Crippen LogP contribution in [0.1, 0.15) is 23.8 Å². The smallest absolute Gasteiger partial charge is 0.225 e. The highest BCUT2D eigenvalue weighted by molar-refractivity contribution is 14.0. The van der Waals surface area contributed by atoms with Crippen LogP contribution in [0.2, 0.25) is 0 Å². The molecule has 4 rings (SSSR count). The molecule has 0 aliphatic carbocycles. The van der Waals surface area contributed by atoms with Crippen LogP contribution < -0.4 is 15.5 Å². The number of rotatable bonds is 8. The van der Waals surface area contributed by atoms with Crippen LogP contribution in [0.3, 0.4) is 0 Å². The van der Waals surface area contributed by atoms with Crippen molar-refractivity contribution in [2.75, 3.05) is 70.9 Å². The molecule has 2 aliphatic heterocycles. The first kappa shape index (κ1) is 25.1. The maximum atomic E-state index is 4.44. The second kappa shape index (κ2) is 13.3. The van der Waals surface area contributed by atoms with Gasteiger partial charge in [0.15, 0.2) is 5.96 Å². The van der Waals surface area contributed by atoms with Gasteiger partial charge in [0.1, 0.15) is 0 Å². The van der Waals surface area contributed by atoms with E-state index in [0.29, 0.717) is 6.04 Å². The van der Waals surface area contributed by atoms with Gasteiger partial charge in [0.2, 0.25) is 5.95 Å². The molecule has 10 heteroatoms. The van der Waals surface area contributed by atoms with Crippen LogP contribution in [-0.4, -0.2) is 91.7 Å². The zero-order chi connectivity index (χ0) is 21.3. The number of aromatic nitrogens is 2. The van der Waals surface area contributed by atoms with Gasteiger partial charge in [0.25, 0.3) is 0 Å². The topological polar surface area (TPSA) is 71.9 Å². The molecular formula is C22H35IN8S. The summed E-state index contributed by atoms with van der Waals surface area (Å²) in [6, 6.07) is 6.69. The molecule has 2 saturated heterocycles. The molecule has 2 aromatic heterocycles. The molecule has 0 spiro atoms. The SMILES string of the molecule is CN=C(NCCN1CCN(c2ncccn2)CC1)NCC(c1cccs1)N1CCCC1.I. The Morgan fingerprint density at radius 2 is 1.81 bits per heavy atom. The third-order valence-corrected chi connectivity index (χ3v) is 7.04. The lowest BCUT2D eigenvalue weighted by molar-refractivity contribution is 0.248. The second-order valence-corrected chi connectivity index (χ2v) is 9.01. The van der Waals surface area contributed by atoms with Gasteiger partial charge >= 0.3 is 0 Å². The van der Waals surface area contributed by atoms with E-state index >= 15 is 0 Å². The first-order valence-electron chi connectivity index (χ1n) is 11.3. The fourth-order valence-electron chi connectivity index (χ4n) is 4.32. The number of aliphatic imine (C=N–C) groups is 1. The summed E-state index contributed by atoms with van der Waals surface area (Å²) in [6.45, 7) is 9.15. The molecule has 32 heavy (non-hydrogen) atoms. The summed E-state index contributed by atoms with van der Waals surface area (Å²) in [5.41, 5.74) is 0. The van der Waals surface area contributed by atoms with Crippen molar-refractivity contribution < 1.29 is 0 Å². The summed E-state index contributed by atoms with van der Waals surface area (Å²) >= 11 is 1.85. The van der Waals surface area contributed by atoms with Gasteiger partial charge < -0.3 is 15.5 Å². The van der Waals surface area contributed by atoms with Crippen molar-refractivity contribution in [3.8, 4) is 0 Å². The normalized spacial score (nSPS) is 18.9. The third kappa shape index (κ3) is 7.00. The lowest BCUT2D eigenvalue weighted by Gasteiger charge is -2.34. The maximum absolute atomic E-state index is 4.44. The Kier molecular flexibility index (Phi) is 10.4. The summed E-state index contributed by atoms with van der Waals surface area (Å²) in [4.78, 5) is 21.9. The van der Waals surface area contributed by atoms with Gasteiger partial charge in [-0.05, 0) is 43.4 Å². The number of nitrogens with one attached hydrogen (secondary N) is 2. The molecule has 2 aliphatic rings. The molecule has 2 fully saturated rings. The number of thiophene rings is 1. The minimum absolute atomic E-state index is 0. The average molecular weight is 571 g/mol. The van der Waals surface area contributed by atoms with E-state index in [0.717, 1.165) is 57.7 Å². The van der Waals surface area contributed by atoms with Crippen LogP contribution >= 0.6 is 35.3 Å². The third-order valence-electron chi connectivity index (χ3n) is 6.07. The number of nitrogens with zero attached hydrogens (tertiary/aromatic N) is 6. The predicted molar refractivity (Wildman–Crippen MR) is 143 cm³/mol. The fraction of sp³-hybridized carbons (Fsp3) is 0.591. The van der Waals surface area contributed by atoms with Crippen molar-refractivity contribution in [2.24, 2.45) is 4.99 Å². The molecular weight excluding hydrogens is 535 g/mol. The van der Waals surface area contributed by atoms with Gasteiger partial charge in [-0.25, -0.2) is 9.97 Å². The summed E-state index contributed by atoms with van der Waals surface area (Å²) in [5.74, 6) is 1.72. The van der Waals surface area contributed by atoms with E-state index < -0.39 is 0 Å². The molecule has 0 saturated carbocycles. The van der Waals surface area contributed by atoms with E-state index in [-0.39, 0.29) is 24.0 Å². The lowest BCUT2D eigenvalue weighted by Crippen LogP contribution is -2.50. The van der Waals surface area contributed by atoms with E-state index in [9.17, 15) is 0 Å². The number of anilines is 1. The van der Waals surface area contributed by atoms with Crippen molar-refractivity contribution >= 4 is 47.2 Å². The minimum Gasteiger partial charge on any atom is -0.355 e. The molecule has 0 aromatic carbocycles. The Morgan fingerprint density at radius 1 is 1.06 bits per heavy atom. The van der Waals surface area contributed by atoms with Gasteiger partial charge in [-0.3, -0.25) is 14.8 Å². The van der Waals surface area contributed by atoms with Gasteiger partial charge in [-0.1, -0.05) is 6.07 Å². The summed E-state index contributed by atoms with van der Waals surface area (Å²) in [6.07, 6.45) is 6.23. The van der Waals surface area contributed by atoms with Gasteiger partial charge in [-0.2, -0.15) is 0 Å². The van der Waals surface area contributed by atoms with E-state index in [1.54, 1.807) is 0 Å². The van der Waals surface area contributed by atoms with Crippen LogP contribution in [-0.2, 0) is 0 Å². The lowest BCUT2D eigenvalue weighted by atomic mass is 10.2. The molecule has 8 nitrogen and oxygen atoms in total. The molecule has 2 aromatic rings. The van der Waals surface area contributed by atoms with Crippen molar-refractivity contribution in [1.82, 2.24) is 30.4 Å². The highest BCUT2D eigenvalue weighted by Gasteiger charge is 2.24. The Bertz CT molecular complexity index is 790. The maximum Gasteiger partial charge on any atom is 0.225 e. The predicted octanol–water partition coefficient (Wildman–Crippen LogP) is 2.28. The largest absolute Gasteiger partial charge is 0.355 e. The number of piperazine rings is 1. The Balaban J connectivity index is 0.00000289.